The van der Waals surface area contributed by atoms with Crippen LogP contribution in [-0.2, 0) is 10.0 Å². The average Bonchev–Trinajstić information content (AvgIpc) is 2.66. The SMILES string of the molecule is N#Cc1ccc(S(=O)(=O)NC2CCCCNC2)c(Cl)c1. The quantitative estimate of drug-likeness (QED) is 0.888. The Balaban J connectivity index is 2.19. The minimum atomic E-state index is -3.66. The topological polar surface area (TPSA) is 82.0 Å². The van der Waals surface area contributed by atoms with E-state index in [1.165, 1.54) is 18.2 Å². The fourth-order valence-electron chi connectivity index (χ4n) is 2.19. The lowest BCUT2D eigenvalue weighted by atomic mass is 10.2. The average molecular weight is 314 g/mol. The maximum Gasteiger partial charge on any atom is 0.242 e. The van der Waals surface area contributed by atoms with E-state index < -0.39 is 10.0 Å². The van der Waals surface area contributed by atoms with Crippen molar-refractivity contribution < 1.29 is 8.42 Å². The summed E-state index contributed by atoms with van der Waals surface area (Å²) in [6, 6.07) is 5.98. The first-order chi connectivity index (χ1) is 9.53. The first-order valence-corrected chi connectivity index (χ1v) is 8.32. The van der Waals surface area contributed by atoms with Gasteiger partial charge in [-0.3, -0.25) is 0 Å². The van der Waals surface area contributed by atoms with Crippen LogP contribution in [0.3, 0.4) is 0 Å². The second-order valence-electron chi connectivity index (χ2n) is 4.78. The molecule has 2 N–H and O–H groups in total. The molecule has 1 fully saturated rings. The van der Waals surface area contributed by atoms with E-state index in [9.17, 15) is 8.42 Å². The van der Waals surface area contributed by atoms with Gasteiger partial charge in [0.15, 0.2) is 0 Å². The zero-order valence-electron chi connectivity index (χ0n) is 10.9. The van der Waals surface area contributed by atoms with Crippen LogP contribution in [0.4, 0.5) is 0 Å². The summed E-state index contributed by atoms with van der Waals surface area (Å²) in [6.45, 7) is 1.53. The molecule has 0 saturated carbocycles. The molecule has 0 aliphatic carbocycles. The van der Waals surface area contributed by atoms with Gasteiger partial charge in [-0.2, -0.15) is 5.26 Å². The lowest BCUT2D eigenvalue weighted by molar-refractivity contribution is 0.521. The maximum atomic E-state index is 12.3. The normalized spacial score (nSPS) is 20.1. The minimum absolute atomic E-state index is 0.0161. The minimum Gasteiger partial charge on any atom is -0.315 e. The maximum absolute atomic E-state index is 12.3. The summed E-state index contributed by atoms with van der Waals surface area (Å²) in [6.07, 6.45) is 2.84. The molecule has 1 unspecified atom stereocenters. The van der Waals surface area contributed by atoms with Crippen molar-refractivity contribution in [1.29, 1.82) is 5.26 Å². The number of rotatable bonds is 3. The Morgan fingerprint density at radius 1 is 1.40 bits per heavy atom. The molecule has 20 heavy (non-hydrogen) atoms. The highest BCUT2D eigenvalue weighted by Gasteiger charge is 2.23. The van der Waals surface area contributed by atoms with Gasteiger partial charge in [0.25, 0.3) is 0 Å². The second kappa shape index (κ2) is 6.55. The molecule has 0 bridgehead atoms. The number of nitrogens with one attached hydrogen (secondary N) is 2. The smallest absolute Gasteiger partial charge is 0.242 e. The number of nitriles is 1. The van der Waals surface area contributed by atoms with Crippen molar-refractivity contribution in [2.75, 3.05) is 13.1 Å². The molecule has 1 heterocycles. The van der Waals surface area contributed by atoms with E-state index in [1.54, 1.807) is 0 Å². The Morgan fingerprint density at radius 2 is 2.20 bits per heavy atom. The number of halogens is 1. The molecule has 1 aliphatic heterocycles. The van der Waals surface area contributed by atoms with Gasteiger partial charge in [0.1, 0.15) is 4.90 Å². The molecule has 7 heteroatoms. The zero-order valence-corrected chi connectivity index (χ0v) is 12.5. The van der Waals surface area contributed by atoms with E-state index in [0.29, 0.717) is 12.1 Å². The van der Waals surface area contributed by atoms with Gasteiger partial charge in [-0.15, -0.1) is 0 Å². The number of hydrogen-bond acceptors (Lipinski definition) is 4. The molecule has 0 aromatic heterocycles. The van der Waals surface area contributed by atoms with Crippen molar-refractivity contribution in [3.63, 3.8) is 0 Å². The van der Waals surface area contributed by atoms with E-state index in [1.807, 2.05) is 6.07 Å². The largest absolute Gasteiger partial charge is 0.315 e. The van der Waals surface area contributed by atoms with Crippen molar-refractivity contribution in [3.8, 4) is 6.07 Å². The number of benzene rings is 1. The molecule has 1 aromatic rings. The summed E-state index contributed by atoms with van der Waals surface area (Å²) >= 11 is 5.96. The van der Waals surface area contributed by atoms with Crippen molar-refractivity contribution in [3.05, 3.63) is 28.8 Å². The van der Waals surface area contributed by atoms with Crippen LogP contribution in [0.2, 0.25) is 5.02 Å². The monoisotopic (exact) mass is 313 g/mol. The molecule has 0 spiro atoms. The fourth-order valence-corrected chi connectivity index (χ4v) is 4.01. The van der Waals surface area contributed by atoms with E-state index in [-0.39, 0.29) is 16.0 Å². The van der Waals surface area contributed by atoms with E-state index in [2.05, 4.69) is 10.0 Å². The van der Waals surface area contributed by atoms with Crippen molar-refractivity contribution in [1.82, 2.24) is 10.0 Å². The van der Waals surface area contributed by atoms with Crippen LogP contribution >= 0.6 is 11.6 Å². The van der Waals surface area contributed by atoms with E-state index in [0.717, 1.165) is 25.8 Å². The molecule has 0 radical (unpaired) electrons. The highest BCUT2D eigenvalue weighted by Crippen LogP contribution is 2.23. The highest BCUT2D eigenvalue weighted by molar-refractivity contribution is 7.89. The summed E-state index contributed by atoms with van der Waals surface area (Å²) in [4.78, 5) is 0.0161. The van der Waals surface area contributed by atoms with Gasteiger partial charge in [0, 0.05) is 12.6 Å². The third-order valence-electron chi connectivity index (χ3n) is 3.22. The van der Waals surface area contributed by atoms with Gasteiger partial charge in [-0.1, -0.05) is 18.0 Å². The highest BCUT2D eigenvalue weighted by atomic mass is 35.5. The predicted octanol–water partition coefficient (Wildman–Crippen LogP) is 1.63. The van der Waals surface area contributed by atoms with Crippen LogP contribution in [0.25, 0.3) is 0 Å². The number of hydrogen-bond donors (Lipinski definition) is 2. The van der Waals surface area contributed by atoms with E-state index >= 15 is 0 Å². The molecule has 108 valence electrons. The molecular formula is C13H16ClN3O2S. The van der Waals surface area contributed by atoms with Crippen LogP contribution in [0.1, 0.15) is 24.8 Å². The third-order valence-corrected chi connectivity index (χ3v) is 5.22. The van der Waals surface area contributed by atoms with Gasteiger partial charge in [0.2, 0.25) is 10.0 Å². The molecule has 1 saturated heterocycles. The molecule has 1 aromatic carbocycles. The van der Waals surface area contributed by atoms with Crippen LogP contribution in [0.15, 0.2) is 23.1 Å². The van der Waals surface area contributed by atoms with Crippen LogP contribution in [-0.4, -0.2) is 27.5 Å². The Morgan fingerprint density at radius 3 is 2.90 bits per heavy atom. The third kappa shape index (κ3) is 3.70. The predicted molar refractivity (Wildman–Crippen MR) is 77.0 cm³/mol. The number of nitrogens with zero attached hydrogens (tertiary/aromatic N) is 1. The van der Waals surface area contributed by atoms with Crippen molar-refractivity contribution in [2.45, 2.75) is 30.2 Å². The lowest BCUT2D eigenvalue weighted by Crippen LogP contribution is -2.40. The number of sulfonamides is 1. The Kier molecular flexibility index (Phi) is 5.00. The molecule has 1 atom stereocenters. The summed E-state index contributed by atoms with van der Waals surface area (Å²) in [5.41, 5.74) is 0.338. The summed E-state index contributed by atoms with van der Waals surface area (Å²) < 4.78 is 27.3. The summed E-state index contributed by atoms with van der Waals surface area (Å²) in [7, 11) is -3.66. The summed E-state index contributed by atoms with van der Waals surface area (Å²) in [5.74, 6) is 0. The molecule has 0 amide bonds. The van der Waals surface area contributed by atoms with E-state index in [4.69, 9.17) is 16.9 Å². The lowest BCUT2D eigenvalue weighted by Gasteiger charge is -2.17. The standard InChI is InChI=1S/C13H16ClN3O2S/c14-12-7-10(8-15)4-5-13(12)20(18,19)17-11-3-1-2-6-16-9-11/h4-5,7,11,16-17H,1-3,6,9H2. The molecule has 5 nitrogen and oxygen atoms in total. The van der Waals surface area contributed by atoms with Crippen molar-refractivity contribution >= 4 is 21.6 Å². The van der Waals surface area contributed by atoms with Gasteiger partial charge >= 0.3 is 0 Å². The Hall–Kier alpha value is -1.13. The second-order valence-corrected chi connectivity index (χ2v) is 6.86. The molecular weight excluding hydrogens is 298 g/mol. The van der Waals surface area contributed by atoms with Gasteiger partial charge in [-0.25, -0.2) is 13.1 Å². The Labute approximate surface area is 124 Å². The fraction of sp³-hybridized carbons (Fsp3) is 0.462. The van der Waals surface area contributed by atoms with Crippen molar-refractivity contribution in [2.24, 2.45) is 0 Å². The van der Waals surface area contributed by atoms with Gasteiger partial charge in [-0.05, 0) is 37.6 Å². The van der Waals surface area contributed by atoms with Gasteiger partial charge < -0.3 is 5.32 Å². The zero-order chi connectivity index (χ0) is 14.6. The first kappa shape index (κ1) is 15.3. The van der Waals surface area contributed by atoms with Crippen LogP contribution < -0.4 is 10.0 Å². The van der Waals surface area contributed by atoms with Crippen LogP contribution in [0, 0.1) is 11.3 Å². The first-order valence-electron chi connectivity index (χ1n) is 6.45. The molecule has 1 aliphatic rings. The Bertz CT molecular complexity index is 617. The summed E-state index contributed by atoms with van der Waals surface area (Å²) in [5, 5.41) is 12.0. The molecule has 2 rings (SSSR count). The van der Waals surface area contributed by atoms with Gasteiger partial charge in [0.05, 0.1) is 16.7 Å². The van der Waals surface area contributed by atoms with Crippen LogP contribution in [0.5, 0.6) is 0 Å².